The van der Waals surface area contributed by atoms with Gasteiger partial charge in [0.2, 0.25) is 10.0 Å². The first-order valence-corrected chi connectivity index (χ1v) is 11.0. The number of imidazole rings is 1. The predicted molar refractivity (Wildman–Crippen MR) is 109 cm³/mol. The third-order valence-corrected chi connectivity index (χ3v) is 7.17. The summed E-state index contributed by atoms with van der Waals surface area (Å²) in [6.07, 6.45) is 5.10. The molecule has 0 atom stereocenters. The van der Waals surface area contributed by atoms with Crippen LogP contribution in [0.1, 0.15) is 5.82 Å². The largest absolute Gasteiger partial charge is 0.354 e. The molecular weight excluding hydrogens is 444 g/mol. The summed E-state index contributed by atoms with van der Waals surface area (Å²) in [4.78, 5) is 15.3. The van der Waals surface area contributed by atoms with Crippen molar-refractivity contribution in [2.24, 2.45) is 0 Å². The van der Waals surface area contributed by atoms with E-state index >= 15 is 0 Å². The van der Waals surface area contributed by atoms with Crippen LogP contribution in [0, 0.1) is 6.92 Å². The van der Waals surface area contributed by atoms with Gasteiger partial charge in [-0.05, 0) is 31.2 Å². The summed E-state index contributed by atoms with van der Waals surface area (Å²) < 4.78 is 30.0. The van der Waals surface area contributed by atoms with Crippen LogP contribution in [0.4, 0.5) is 5.82 Å². The molecule has 1 aliphatic heterocycles. The summed E-state index contributed by atoms with van der Waals surface area (Å²) in [5.74, 6) is 2.36. The van der Waals surface area contributed by atoms with Gasteiger partial charge in [0.1, 0.15) is 23.8 Å². The van der Waals surface area contributed by atoms with E-state index in [4.69, 9.17) is 0 Å². The van der Waals surface area contributed by atoms with Gasteiger partial charge in [0.15, 0.2) is 0 Å². The van der Waals surface area contributed by atoms with Gasteiger partial charge in [-0.25, -0.2) is 23.4 Å². The van der Waals surface area contributed by atoms with Crippen molar-refractivity contribution in [2.75, 3.05) is 31.1 Å². The molecule has 1 aliphatic rings. The SMILES string of the molecule is Cc1nccn1-c1cc(N2CCN(S(=O)(=O)c3ccc(Br)cc3)CC2)ncn1. The number of nitrogens with zero attached hydrogens (tertiary/aromatic N) is 6. The fraction of sp³-hybridized carbons (Fsp3) is 0.278. The van der Waals surface area contributed by atoms with Crippen LogP contribution < -0.4 is 4.90 Å². The first-order valence-electron chi connectivity index (χ1n) is 8.78. The highest BCUT2D eigenvalue weighted by Crippen LogP contribution is 2.22. The van der Waals surface area contributed by atoms with Crippen LogP contribution in [0.5, 0.6) is 0 Å². The summed E-state index contributed by atoms with van der Waals surface area (Å²) >= 11 is 3.33. The normalized spacial score (nSPS) is 15.7. The average molecular weight is 463 g/mol. The summed E-state index contributed by atoms with van der Waals surface area (Å²) in [5.41, 5.74) is 0. The number of halogens is 1. The van der Waals surface area contributed by atoms with Gasteiger partial charge in [0.05, 0.1) is 4.90 Å². The highest BCUT2D eigenvalue weighted by atomic mass is 79.9. The Kier molecular flexibility index (Phi) is 5.17. The van der Waals surface area contributed by atoms with Crippen molar-refractivity contribution in [1.29, 1.82) is 0 Å². The number of anilines is 1. The summed E-state index contributed by atoms with van der Waals surface area (Å²) in [6.45, 7) is 3.85. The second-order valence-corrected chi connectivity index (χ2v) is 9.28. The molecule has 10 heteroatoms. The number of benzene rings is 1. The minimum atomic E-state index is -3.49. The lowest BCUT2D eigenvalue weighted by Gasteiger charge is -2.34. The van der Waals surface area contributed by atoms with Gasteiger partial charge >= 0.3 is 0 Å². The van der Waals surface area contributed by atoms with E-state index in [2.05, 4.69) is 35.8 Å². The molecule has 0 amide bonds. The van der Waals surface area contributed by atoms with Crippen LogP contribution in [0.25, 0.3) is 5.82 Å². The molecule has 0 N–H and O–H groups in total. The van der Waals surface area contributed by atoms with Gasteiger partial charge in [-0.2, -0.15) is 4.31 Å². The molecule has 0 unspecified atom stereocenters. The molecule has 0 radical (unpaired) electrons. The quantitative estimate of drug-likeness (QED) is 0.590. The van der Waals surface area contributed by atoms with E-state index < -0.39 is 10.0 Å². The van der Waals surface area contributed by atoms with E-state index in [9.17, 15) is 8.42 Å². The summed E-state index contributed by atoms with van der Waals surface area (Å²) in [7, 11) is -3.49. The van der Waals surface area contributed by atoms with E-state index in [0.717, 1.165) is 21.9 Å². The minimum Gasteiger partial charge on any atom is -0.354 e. The van der Waals surface area contributed by atoms with E-state index in [1.54, 1.807) is 30.5 Å². The minimum absolute atomic E-state index is 0.309. The number of sulfonamides is 1. The number of aromatic nitrogens is 4. The van der Waals surface area contributed by atoms with Crippen LogP contribution in [-0.2, 0) is 10.0 Å². The zero-order valence-corrected chi connectivity index (χ0v) is 17.6. The van der Waals surface area contributed by atoms with Crippen molar-refractivity contribution >= 4 is 31.8 Å². The van der Waals surface area contributed by atoms with E-state index in [1.165, 1.54) is 10.6 Å². The molecule has 3 heterocycles. The number of rotatable bonds is 4. The Morgan fingerprint density at radius 3 is 2.29 bits per heavy atom. The fourth-order valence-corrected chi connectivity index (χ4v) is 4.86. The Labute approximate surface area is 172 Å². The molecule has 8 nitrogen and oxygen atoms in total. The summed E-state index contributed by atoms with van der Waals surface area (Å²) in [6, 6.07) is 8.62. The molecule has 0 spiro atoms. The maximum Gasteiger partial charge on any atom is 0.243 e. The molecule has 3 aromatic rings. The molecule has 0 saturated carbocycles. The van der Waals surface area contributed by atoms with Crippen LogP contribution >= 0.6 is 15.9 Å². The smallest absolute Gasteiger partial charge is 0.243 e. The van der Waals surface area contributed by atoms with E-state index in [0.29, 0.717) is 31.1 Å². The third kappa shape index (κ3) is 3.67. The van der Waals surface area contributed by atoms with Crippen LogP contribution in [0.3, 0.4) is 0 Å². The Morgan fingerprint density at radius 2 is 1.64 bits per heavy atom. The molecular formula is C18H19BrN6O2S. The Hall–Kier alpha value is -2.30. The lowest BCUT2D eigenvalue weighted by molar-refractivity contribution is 0.383. The molecule has 2 aromatic heterocycles. The van der Waals surface area contributed by atoms with Crippen molar-refractivity contribution in [3.8, 4) is 5.82 Å². The lowest BCUT2D eigenvalue weighted by atomic mass is 10.3. The van der Waals surface area contributed by atoms with Crippen molar-refractivity contribution < 1.29 is 8.42 Å². The van der Waals surface area contributed by atoms with Gasteiger partial charge in [0.25, 0.3) is 0 Å². The Balaban J connectivity index is 1.49. The van der Waals surface area contributed by atoms with Gasteiger partial charge in [-0.1, -0.05) is 15.9 Å². The Bertz CT molecular complexity index is 1080. The van der Waals surface area contributed by atoms with Crippen molar-refractivity contribution in [3.05, 3.63) is 59.3 Å². The van der Waals surface area contributed by atoms with Crippen molar-refractivity contribution in [2.45, 2.75) is 11.8 Å². The molecule has 28 heavy (non-hydrogen) atoms. The second-order valence-electron chi connectivity index (χ2n) is 6.42. The highest BCUT2D eigenvalue weighted by Gasteiger charge is 2.29. The first kappa shape index (κ1) is 19.0. The molecule has 1 fully saturated rings. The maximum absolute atomic E-state index is 12.8. The molecule has 0 bridgehead atoms. The summed E-state index contributed by atoms with van der Waals surface area (Å²) in [5, 5.41) is 0. The monoisotopic (exact) mass is 462 g/mol. The number of piperazine rings is 1. The molecule has 1 saturated heterocycles. The zero-order valence-electron chi connectivity index (χ0n) is 15.2. The zero-order chi connectivity index (χ0) is 19.7. The van der Waals surface area contributed by atoms with E-state index in [-0.39, 0.29) is 0 Å². The van der Waals surface area contributed by atoms with Crippen molar-refractivity contribution in [3.63, 3.8) is 0 Å². The molecule has 146 valence electrons. The molecule has 0 aliphatic carbocycles. The topological polar surface area (TPSA) is 84.2 Å². The van der Waals surface area contributed by atoms with Crippen molar-refractivity contribution in [1.82, 2.24) is 23.8 Å². The highest BCUT2D eigenvalue weighted by molar-refractivity contribution is 9.10. The fourth-order valence-electron chi connectivity index (χ4n) is 3.18. The van der Waals surface area contributed by atoms with Gasteiger partial charge < -0.3 is 4.90 Å². The maximum atomic E-state index is 12.8. The van der Waals surface area contributed by atoms with Crippen LogP contribution in [-0.4, -0.2) is 58.4 Å². The van der Waals surface area contributed by atoms with Crippen LogP contribution in [0.15, 0.2) is 58.4 Å². The third-order valence-electron chi connectivity index (χ3n) is 4.72. The Morgan fingerprint density at radius 1 is 0.964 bits per heavy atom. The number of hydrogen-bond donors (Lipinski definition) is 0. The standard InChI is InChI=1S/C18H19BrN6O2S/c1-14-20-6-7-25(14)18-12-17(21-13-22-18)23-8-10-24(11-9-23)28(26,27)16-4-2-15(19)3-5-16/h2-7,12-13H,8-11H2,1H3. The average Bonchev–Trinajstić information content (AvgIpc) is 3.14. The first-order chi connectivity index (χ1) is 13.4. The van der Waals surface area contributed by atoms with Crippen LogP contribution in [0.2, 0.25) is 0 Å². The van der Waals surface area contributed by atoms with Gasteiger partial charge in [-0.15, -0.1) is 0 Å². The van der Waals surface area contributed by atoms with Gasteiger partial charge in [0, 0.05) is 49.1 Å². The van der Waals surface area contributed by atoms with Gasteiger partial charge in [-0.3, -0.25) is 4.57 Å². The number of hydrogen-bond acceptors (Lipinski definition) is 6. The lowest BCUT2D eigenvalue weighted by Crippen LogP contribution is -2.48. The number of aryl methyl sites for hydroxylation is 1. The molecule has 4 rings (SSSR count). The van der Waals surface area contributed by atoms with E-state index in [1.807, 2.05) is 23.8 Å². The molecule has 1 aromatic carbocycles. The predicted octanol–water partition coefficient (Wildman–Crippen LogP) is 2.24. The second kappa shape index (κ2) is 7.61.